The highest BCUT2D eigenvalue weighted by molar-refractivity contribution is 7.90. The van der Waals surface area contributed by atoms with Gasteiger partial charge in [-0.15, -0.1) is 4.72 Å². The Hall–Kier alpha value is -1.29. The Balaban J connectivity index is 2.33. The first-order chi connectivity index (χ1) is 10.8. The average Bonchev–Trinajstić information content (AvgIpc) is 2.52. The standard InChI is InChI=1S/C20H27NOS/c1-15(2)16-11-13-18(14-12-16)19(17-9-7-6-8-10-17)21-23(22)20(3,4)5/h6-15,19,21H,1-5H3. The van der Waals surface area contributed by atoms with Crippen molar-refractivity contribution >= 4 is 11.4 Å². The number of benzene rings is 2. The van der Waals surface area contributed by atoms with E-state index >= 15 is 0 Å². The van der Waals surface area contributed by atoms with Crippen molar-refractivity contribution in [1.29, 1.82) is 0 Å². The lowest BCUT2D eigenvalue weighted by Crippen LogP contribution is -2.41. The van der Waals surface area contributed by atoms with Crippen molar-refractivity contribution < 1.29 is 4.55 Å². The molecule has 2 aromatic rings. The molecule has 0 aliphatic heterocycles. The van der Waals surface area contributed by atoms with E-state index in [0.29, 0.717) is 5.92 Å². The minimum atomic E-state index is -1.13. The minimum Gasteiger partial charge on any atom is -0.598 e. The van der Waals surface area contributed by atoms with Crippen LogP contribution in [0.5, 0.6) is 0 Å². The molecule has 0 saturated carbocycles. The van der Waals surface area contributed by atoms with Gasteiger partial charge in [0.2, 0.25) is 0 Å². The van der Waals surface area contributed by atoms with E-state index in [1.807, 2.05) is 39.0 Å². The first-order valence-corrected chi connectivity index (χ1v) is 9.27. The van der Waals surface area contributed by atoms with Crippen LogP contribution >= 0.6 is 0 Å². The molecule has 2 rings (SSSR count). The van der Waals surface area contributed by atoms with Crippen LogP contribution in [0.1, 0.15) is 63.3 Å². The van der Waals surface area contributed by atoms with Crippen molar-refractivity contribution in [3.8, 4) is 0 Å². The zero-order valence-corrected chi connectivity index (χ0v) is 15.5. The van der Waals surface area contributed by atoms with Crippen LogP contribution in [0.3, 0.4) is 0 Å². The van der Waals surface area contributed by atoms with Crippen LogP contribution in [0.15, 0.2) is 54.6 Å². The Kier molecular flexibility index (Phi) is 5.90. The van der Waals surface area contributed by atoms with E-state index in [4.69, 9.17) is 0 Å². The highest BCUT2D eigenvalue weighted by Crippen LogP contribution is 2.27. The molecule has 3 heteroatoms. The lowest BCUT2D eigenvalue weighted by atomic mass is 9.96. The largest absolute Gasteiger partial charge is 0.598 e. The number of rotatable bonds is 5. The summed E-state index contributed by atoms with van der Waals surface area (Å²) in [5, 5.41) is 0. The molecule has 0 saturated heterocycles. The van der Waals surface area contributed by atoms with E-state index in [0.717, 1.165) is 11.1 Å². The smallest absolute Gasteiger partial charge is 0.136 e. The fraction of sp³-hybridized carbons (Fsp3) is 0.400. The molecule has 0 aliphatic rings. The summed E-state index contributed by atoms with van der Waals surface area (Å²) in [6.45, 7) is 10.3. The average molecular weight is 330 g/mol. The Morgan fingerprint density at radius 3 is 1.78 bits per heavy atom. The quantitative estimate of drug-likeness (QED) is 0.788. The number of nitrogens with one attached hydrogen (secondary N) is 1. The van der Waals surface area contributed by atoms with Gasteiger partial charge in [-0.1, -0.05) is 68.4 Å². The van der Waals surface area contributed by atoms with Gasteiger partial charge in [-0.3, -0.25) is 0 Å². The second kappa shape index (κ2) is 7.52. The molecule has 0 amide bonds. The summed E-state index contributed by atoms with van der Waals surface area (Å²) in [5.74, 6) is 0.510. The molecule has 0 bridgehead atoms. The van der Waals surface area contributed by atoms with Gasteiger partial charge in [-0.25, -0.2) is 0 Å². The summed E-state index contributed by atoms with van der Waals surface area (Å²) in [7, 11) is 0. The molecule has 23 heavy (non-hydrogen) atoms. The van der Waals surface area contributed by atoms with Crippen molar-refractivity contribution in [2.45, 2.75) is 51.3 Å². The minimum absolute atomic E-state index is 0.0718. The van der Waals surface area contributed by atoms with Crippen LogP contribution in [0.2, 0.25) is 0 Å². The molecular formula is C20H27NOS. The van der Waals surface area contributed by atoms with Crippen molar-refractivity contribution in [3.63, 3.8) is 0 Å². The molecule has 2 atom stereocenters. The predicted molar refractivity (Wildman–Crippen MR) is 99.8 cm³/mol. The fourth-order valence-electron chi connectivity index (χ4n) is 2.33. The van der Waals surface area contributed by atoms with E-state index in [1.165, 1.54) is 5.56 Å². The first-order valence-electron chi connectivity index (χ1n) is 8.12. The highest BCUT2D eigenvalue weighted by Gasteiger charge is 2.30. The van der Waals surface area contributed by atoms with Crippen molar-refractivity contribution in [1.82, 2.24) is 4.72 Å². The molecule has 0 fully saturated rings. The molecule has 0 radical (unpaired) electrons. The lowest BCUT2D eigenvalue weighted by Gasteiger charge is -2.28. The number of hydrogen-bond acceptors (Lipinski definition) is 2. The third kappa shape index (κ3) is 4.84. The van der Waals surface area contributed by atoms with Crippen LogP contribution in [0, 0.1) is 0 Å². The van der Waals surface area contributed by atoms with Crippen LogP contribution < -0.4 is 4.72 Å². The van der Waals surface area contributed by atoms with Crippen molar-refractivity contribution in [2.24, 2.45) is 0 Å². The molecule has 0 heterocycles. The van der Waals surface area contributed by atoms with Gasteiger partial charge in [0.15, 0.2) is 0 Å². The van der Waals surface area contributed by atoms with Gasteiger partial charge < -0.3 is 4.55 Å². The monoisotopic (exact) mass is 329 g/mol. The number of hydrogen-bond donors (Lipinski definition) is 1. The van der Waals surface area contributed by atoms with Crippen LogP contribution in [0.25, 0.3) is 0 Å². The molecule has 0 aromatic heterocycles. The van der Waals surface area contributed by atoms with E-state index in [2.05, 4.69) is 55.0 Å². The third-order valence-corrected chi connectivity index (χ3v) is 5.41. The van der Waals surface area contributed by atoms with Gasteiger partial charge in [-0.2, -0.15) is 0 Å². The van der Waals surface area contributed by atoms with Crippen molar-refractivity contribution in [3.05, 3.63) is 71.3 Å². The maximum atomic E-state index is 12.6. The maximum Gasteiger partial charge on any atom is 0.136 e. The Labute approximate surface area is 143 Å². The van der Waals surface area contributed by atoms with Gasteiger partial charge in [0, 0.05) is 11.4 Å². The molecular weight excluding hydrogens is 302 g/mol. The second-order valence-electron chi connectivity index (χ2n) is 7.16. The van der Waals surface area contributed by atoms with E-state index < -0.39 is 11.4 Å². The van der Waals surface area contributed by atoms with Crippen LogP contribution in [0.4, 0.5) is 0 Å². The third-order valence-electron chi connectivity index (χ3n) is 3.85. The fourth-order valence-corrected chi connectivity index (χ4v) is 3.17. The normalized spacial score (nSPS) is 14.7. The molecule has 2 nitrogen and oxygen atoms in total. The maximum absolute atomic E-state index is 12.6. The molecule has 0 spiro atoms. The van der Waals surface area contributed by atoms with Crippen LogP contribution in [-0.2, 0) is 11.4 Å². The van der Waals surface area contributed by atoms with Gasteiger partial charge >= 0.3 is 0 Å². The summed E-state index contributed by atoms with van der Waals surface area (Å²) >= 11 is -1.13. The SMILES string of the molecule is CC(C)c1ccc(C(N[S+]([O-])C(C)(C)C)c2ccccc2)cc1. The summed E-state index contributed by atoms with van der Waals surface area (Å²) < 4.78 is 15.6. The van der Waals surface area contributed by atoms with Crippen LogP contribution in [-0.4, -0.2) is 9.30 Å². The summed E-state index contributed by atoms with van der Waals surface area (Å²) in [5.41, 5.74) is 3.58. The Morgan fingerprint density at radius 2 is 1.30 bits per heavy atom. The molecule has 0 aliphatic carbocycles. The molecule has 124 valence electrons. The molecule has 2 unspecified atom stereocenters. The zero-order chi connectivity index (χ0) is 17.0. The predicted octanol–water partition coefficient (Wildman–Crippen LogP) is 4.95. The Morgan fingerprint density at radius 1 is 0.826 bits per heavy atom. The van der Waals surface area contributed by atoms with E-state index in [9.17, 15) is 4.55 Å². The van der Waals surface area contributed by atoms with E-state index in [1.54, 1.807) is 0 Å². The van der Waals surface area contributed by atoms with Gasteiger partial charge in [0.25, 0.3) is 0 Å². The van der Waals surface area contributed by atoms with E-state index in [-0.39, 0.29) is 10.8 Å². The summed E-state index contributed by atoms with van der Waals surface area (Å²) in [4.78, 5) is 0. The molecule has 1 N–H and O–H groups in total. The second-order valence-corrected chi connectivity index (χ2v) is 9.16. The van der Waals surface area contributed by atoms with Gasteiger partial charge in [0.05, 0.1) is 0 Å². The first kappa shape index (κ1) is 18.1. The topological polar surface area (TPSA) is 35.1 Å². The zero-order valence-electron chi connectivity index (χ0n) is 14.7. The summed E-state index contributed by atoms with van der Waals surface area (Å²) in [6, 6.07) is 18.7. The van der Waals surface area contributed by atoms with Gasteiger partial charge in [-0.05, 0) is 43.4 Å². The Bertz CT molecular complexity index is 602. The van der Waals surface area contributed by atoms with Gasteiger partial charge in [0.1, 0.15) is 10.8 Å². The summed E-state index contributed by atoms with van der Waals surface area (Å²) in [6.07, 6.45) is 0. The highest BCUT2D eigenvalue weighted by atomic mass is 32.2. The van der Waals surface area contributed by atoms with Crippen molar-refractivity contribution in [2.75, 3.05) is 0 Å². The molecule has 2 aromatic carbocycles. The lowest BCUT2D eigenvalue weighted by molar-refractivity contribution is 0.535.